The second kappa shape index (κ2) is 5.38. The number of nitrogens with two attached hydrogens (primary N) is 1. The fraction of sp³-hybridized carbons (Fsp3) is 0.273. The normalized spacial score (nSPS) is 11.9. The molecule has 3 N–H and O–H groups in total. The number of benzene rings is 1. The predicted molar refractivity (Wildman–Crippen MR) is 57.1 cm³/mol. The Hall–Kier alpha value is -1.98. The molecule has 1 atom stereocenters. The van der Waals surface area contributed by atoms with Gasteiger partial charge in [0.25, 0.3) is 5.91 Å². The lowest BCUT2D eigenvalue weighted by molar-refractivity contribution is -0.119. The molecule has 1 aromatic rings. The number of carbonyl (C=O) groups is 2. The van der Waals surface area contributed by atoms with Gasteiger partial charge < -0.3 is 11.1 Å². The fourth-order valence-electron chi connectivity index (χ4n) is 1.28. The predicted octanol–water partition coefficient (Wildman–Crippen LogP) is 0.958. The lowest BCUT2D eigenvalue weighted by Gasteiger charge is -2.13. The van der Waals surface area contributed by atoms with Crippen molar-refractivity contribution >= 4 is 11.8 Å². The average molecular weight is 242 g/mol. The molecule has 17 heavy (non-hydrogen) atoms. The molecule has 4 nitrogen and oxygen atoms in total. The van der Waals surface area contributed by atoms with E-state index in [9.17, 15) is 18.4 Å². The van der Waals surface area contributed by atoms with E-state index < -0.39 is 29.5 Å². The van der Waals surface area contributed by atoms with Crippen LogP contribution in [0, 0.1) is 11.6 Å². The molecule has 0 saturated carbocycles. The van der Waals surface area contributed by atoms with Crippen molar-refractivity contribution in [2.75, 3.05) is 0 Å². The first kappa shape index (κ1) is 13.1. The summed E-state index contributed by atoms with van der Waals surface area (Å²) in [7, 11) is 0. The Kier molecular flexibility index (Phi) is 4.14. The SMILES string of the molecule is CC[C@H](NC(=O)c1ccc(F)cc1F)C(N)=O. The molecule has 0 aliphatic rings. The van der Waals surface area contributed by atoms with Crippen LogP contribution in [-0.4, -0.2) is 17.9 Å². The van der Waals surface area contributed by atoms with Crippen LogP contribution < -0.4 is 11.1 Å². The van der Waals surface area contributed by atoms with Gasteiger partial charge in [-0.3, -0.25) is 9.59 Å². The van der Waals surface area contributed by atoms with Crippen molar-refractivity contribution in [2.24, 2.45) is 5.73 Å². The molecule has 92 valence electrons. The molecular formula is C11H12F2N2O2. The van der Waals surface area contributed by atoms with Crippen molar-refractivity contribution in [3.63, 3.8) is 0 Å². The van der Waals surface area contributed by atoms with Gasteiger partial charge in [-0.15, -0.1) is 0 Å². The van der Waals surface area contributed by atoms with Crippen LogP contribution in [0.25, 0.3) is 0 Å². The molecule has 0 aliphatic carbocycles. The average Bonchev–Trinajstić information content (AvgIpc) is 2.24. The van der Waals surface area contributed by atoms with Crippen LogP contribution in [0.3, 0.4) is 0 Å². The number of hydrogen-bond acceptors (Lipinski definition) is 2. The molecular weight excluding hydrogens is 230 g/mol. The first-order valence-electron chi connectivity index (χ1n) is 5.01. The second-order valence-corrected chi connectivity index (χ2v) is 3.46. The molecule has 1 aromatic carbocycles. The first-order valence-corrected chi connectivity index (χ1v) is 5.01. The standard InChI is InChI=1S/C11H12F2N2O2/c1-2-9(10(14)16)15-11(17)7-4-3-6(12)5-8(7)13/h3-5,9H,2H2,1H3,(H2,14,16)(H,15,17)/t9-/m0/s1. The molecule has 6 heteroatoms. The van der Waals surface area contributed by atoms with Gasteiger partial charge in [-0.05, 0) is 18.6 Å². The van der Waals surface area contributed by atoms with Crippen molar-refractivity contribution in [2.45, 2.75) is 19.4 Å². The van der Waals surface area contributed by atoms with Gasteiger partial charge in [0.2, 0.25) is 5.91 Å². The van der Waals surface area contributed by atoms with Crippen LogP contribution in [0.2, 0.25) is 0 Å². The van der Waals surface area contributed by atoms with Crippen molar-refractivity contribution < 1.29 is 18.4 Å². The van der Waals surface area contributed by atoms with E-state index in [1.165, 1.54) is 0 Å². The minimum Gasteiger partial charge on any atom is -0.368 e. The van der Waals surface area contributed by atoms with Crippen molar-refractivity contribution in [3.05, 3.63) is 35.4 Å². The van der Waals surface area contributed by atoms with Gasteiger partial charge in [-0.25, -0.2) is 8.78 Å². The Morgan fingerprint density at radius 1 is 1.41 bits per heavy atom. The van der Waals surface area contributed by atoms with E-state index >= 15 is 0 Å². The van der Waals surface area contributed by atoms with Crippen LogP contribution in [0.4, 0.5) is 8.78 Å². The van der Waals surface area contributed by atoms with Crippen molar-refractivity contribution in [1.82, 2.24) is 5.32 Å². The van der Waals surface area contributed by atoms with E-state index in [0.717, 1.165) is 12.1 Å². The zero-order valence-corrected chi connectivity index (χ0v) is 9.17. The first-order chi connectivity index (χ1) is 7.95. The summed E-state index contributed by atoms with van der Waals surface area (Å²) in [5, 5.41) is 2.27. The molecule has 0 unspecified atom stereocenters. The van der Waals surface area contributed by atoms with Gasteiger partial charge in [0.1, 0.15) is 17.7 Å². The molecule has 0 radical (unpaired) electrons. The molecule has 0 fully saturated rings. The second-order valence-electron chi connectivity index (χ2n) is 3.46. The maximum absolute atomic E-state index is 13.2. The Morgan fingerprint density at radius 2 is 2.06 bits per heavy atom. The van der Waals surface area contributed by atoms with E-state index in [-0.39, 0.29) is 5.56 Å². The number of primary amides is 1. The van der Waals surface area contributed by atoms with E-state index in [0.29, 0.717) is 12.5 Å². The number of nitrogens with one attached hydrogen (secondary N) is 1. The van der Waals surface area contributed by atoms with Crippen molar-refractivity contribution in [1.29, 1.82) is 0 Å². The number of carbonyl (C=O) groups excluding carboxylic acids is 2. The third kappa shape index (κ3) is 3.24. The van der Waals surface area contributed by atoms with Gasteiger partial charge in [-0.1, -0.05) is 6.92 Å². The minimum absolute atomic E-state index is 0.296. The lowest BCUT2D eigenvalue weighted by atomic mass is 10.1. The van der Waals surface area contributed by atoms with Crippen LogP contribution in [0.1, 0.15) is 23.7 Å². The molecule has 0 heterocycles. The molecule has 0 bridgehead atoms. The van der Waals surface area contributed by atoms with Crippen LogP contribution >= 0.6 is 0 Å². The highest BCUT2D eigenvalue weighted by molar-refractivity contribution is 5.97. The summed E-state index contributed by atoms with van der Waals surface area (Å²) < 4.78 is 25.9. The fourth-order valence-corrected chi connectivity index (χ4v) is 1.28. The minimum atomic E-state index is -0.984. The molecule has 0 saturated heterocycles. The van der Waals surface area contributed by atoms with Gasteiger partial charge >= 0.3 is 0 Å². The Bertz CT molecular complexity index is 449. The number of rotatable bonds is 4. The van der Waals surface area contributed by atoms with Gasteiger partial charge in [0.15, 0.2) is 0 Å². The zero-order chi connectivity index (χ0) is 13.0. The number of hydrogen-bond donors (Lipinski definition) is 2. The Balaban J connectivity index is 2.86. The molecule has 1 rings (SSSR count). The highest BCUT2D eigenvalue weighted by Gasteiger charge is 2.19. The largest absolute Gasteiger partial charge is 0.368 e. The number of halogens is 2. The summed E-state index contributed by atoms with van der Waals surface area (Å²) in [6, 6.07) is 1.70. The third-order valence-electron chi connectivity index (χ3n) is 2.23. The maximum Gasteiger partial charge on any atom is 0.254 e. The van der Waals surface area contributed by atoms with Gasteiger partial charge in [-0.2, -0.15) is 0 Å². The van der Waals surface area contributed by atoms with E-state index in [1.807, 2.05) is 0 Å². The quantitative estimate of drug-likeness (QED) is 0.825. The zero-order valence-electron chi connectivity index (χ0n) is 9.17. The van der Waals surface area contributed by atoms with Crippen LogP contribution in [-0.2, 0) is 4.79 Å². The Labute approximate surface area is 96.8 Å². The summed E-state index contributed by atoms with van der Waals surface area (Å²) >= 11 is 0. The van der Waals surface area contributed by atoms with E-state index in [1.54, 1.807) is 6.92 Å². The van der Waals surface area contributed by atoms with Crippen molar-refractivity contribution in [3.8, 4) is 0 Å². The third-order valence-corrected chi connectivity index (χ3v) is 2.23. The van der Waals surface area contributed by atoms with Gasteiger partial charge in [0, 0.05) is 6.07 Å². The summed E-state index contributed by atoms with van der Waals surface area (Å²) in [6.07, 6.45) is 0.296. The summed E-state index contributed by atoms with van der Waals surface area (Å²) in [5.74, 6) is -3.26. The van der Waals surface area contributed by atoms with E-state index in [4.69, 9.17) is 5.73 Å². The summed E-state index contributed by atoms with van der Waals surface area (Å²) in [6.45, 7) is 1.65. The lowest BCUT2D eigenvalue weighted by Crippen LogP contribution is -2.44. The highest BCUT2D eigenvalue weighted by atomic mass is 19.1. The topological polar surface area (TPSA) is 72.2 Å². The molecule has 0 aromatic heterocycles. The monoisotopic (exact) mass is 242 g/mol. The van der Waals surface area contributed by atoms with E-state index in [2.05, 4.69) is 5.32 Å². The van der Waals surface area contributed by atoms with Crippen LogP contribution in [0.5, 0.6) is 0 Å². The maximum atomic E-state index is 13.2. The summed E-state index contributed by atoms with van der Waals surface area (Å²) in [5.41, 5.74) is 4.70. The molecule has 0 spiro atoms. The number of amides is 2. The highest BCUT2D eigenvalue weighted by Crippen LogP contribution is 2.09. The van der Waals surface area contributed by atoms with Crippen LogP contribution in [0.15, 0.2) is 18.2 Å². The molecule has 0 aliphatic heterocycles. The van der Waals surface area contributed by atoms with Gasteiger partial charge in [0.05, 0.1) is 5.56 Å². The smallest absolute Gasteiger partial charge is 0.254 e. The summed E-state index contributed by atoms with van der Waals surface area (Å²) in [4.78, 5) is 22.5. The Morgan fingerprint density at radius 3 is 2.53 bits per heavy atom. The molecule has 2 amide bonds.